The molecular weight excluding hydrogens is 182 g/mol. The van der Waals surface area contributed by atoms with Gasteiger partial charge in [-0.15, -0.1) is 0 Å². The van der Waals surface area contributed by atoms with Crippen LogP contribution in [0, 0.1) is 0 Å². The van der Waals surface area contributed by atoms with Crippen LogP contribution >= 0.6 is 15.9 Å². The third-order valence-corrected chi connectivity index (χ3v) is 1.45. The zero-order valence-corrected chi connectivity index (χ0v) is 6.94. The van der Waals surface area contributed by atoms with Crippen LogP contribution in [0.25, 0.3) is 0 Å². The molecule has 9 heavy (non-hydrogen) atoms. The highest BCUT2D eigenvalue weighted by atomic mass is 79.9. The number of halogens is 1. The number of hydrogen-bond donors (Lipinski definition) is 1. The van der Waals surface area contributed by atoms with Crippen molar-refractivity contribution in [1.82, 2.24) is 9.55 Å². The zero-order chi connectivity index (χ0) is 6.85. The van der Waals surface area contributed by atoms with E-state index in [1.165, 1.54) is 0 Å². The Morgan fingerprint density at radius 2 is 2.44 bits per heavy atom. The molecule has 0 saturated carbocycles. The Kier molecular flexibility index (Phi) is 1.75. The van der Waals surface area contributed by atoms with E-state index in [2.05, 4.69) is 26.2 Å². The van der Waals surface area contributed by atoms with E-state index < -0.39 is 0 Å². The molecule has 0 spiro atoms. The van der Waals surface area contributed by atoms with E-state index in [1.807, 2.05) is 24.9 Å². The van der Waals surface area contributed by atoms with E-state index in [4.69, 9.17) is 0 Å². The average molecular weight is 190 g/mol. The van der Waals surface area contributed by atoms with E-state index in [9.17, 15) is 0 Å². The quantitative estimate of drug-likeness (QED) is 0.721. The molecular formula is C5H8BrN3. The molecule has 1 aromatic rings. The molecule has 0 bridgehead atoms. The fraction of sp³-hybridized carbons (Fsp3) is 0.400. The summed E-state index contributed by atoms with van der Waals surface area (Å²) in [5, 5.41) is 2.94. The number of imidazole rings is 1. The molecule has 0 amide bonds. The van der Waals surface area contributed by atoms with Gasteiger partial charge in [-0.05, 0) is 15.9 Å². The molecule has 0 radical (unpaired) electrons. The maximum atomic E-state index is 4.10. The van der Waals surface area contributed by atoms with E-state index in [0.717, 1.165) is 10.6 Å². The molecule has 1 aromatic heterocycles. The van der Waals surface area contributed by atoms with Crippen molar-refractivity contribution in [3.63, 3.8) is 0 Å². The number of nitrogens with one attached hydrogen (secondary N) is 1. The molecule has 0 saturated heterocycles. The lowest BCUT2D eigenvalue weighted by molar-refractivity contribution is 0.919. The maximum Gasteiger partial charge on any atom is 0.203 e. The van der Waals surface area contributed by atoms with Crippen molar-refractivity contribution in [3.05, 3.63) is 10.8 Å². The third kappa shape index (κ3) is 1.24. The normalized spacial score (nSPS) is 9.67. The fourth-order valence-corrected chi connectivity index (χ4v) is 1.14. The standard InChI is InChI=1S/C5H8BrN3/c1-7-5-8-4(6)3-9(5)2/h3H,1-2H3,(H,7,8). The van der Waals surface area contributed by atoms with Crippen molar-refractivity contribution < 1.29 is 0 Å². The number of rotatable bonds is 1. The highest BCUT2D eigenvalue weighted by Crippen LogP contribution is 2.10. The molecule has 4 heteroatoms. The minimum Gasteiger partial charge on any atom is -0.359 e. The Hall–Kier alpha value is -0.510. The Balaban J connectivity index is 3.01. The van der Waals surface area contributed by atoms with Gasteiger partial charge in [0.15, 0.2) is 0 Å². The summed E-state index contributed by atoms with van der Waals surface area (Å²) in [6.45, 7) is 0. The lowest BCUT2D eigenvalue weighted by atomic mass is 10.9. The van der Waals surface area contributed by atoms with Gasteiger partial charge in [0.1, 0.15) is 4.60 Å². The highest BCUT2D eigenvalue weighted by molar-refractivity contribution is 9.10. The zero-order valence-electron chi connectivity index (χ0n) is 5.35. The van der Waals surface area contributed by atoms with Crippen LogP contribution in [0.1, 0.15) is 0 Å². The van der Waals surface area contributed by atoms with Crippen molar-refractivity contribution in [2.24, 2.45) is 7.05 Å². The molecule has 0 aromatic carbocycles. The van der Waals surface area contributed by atoms with E-state index in [-0.39, 0.29) is 0 Å². The van der Waals surface area contributed by atoms with E-state index in [1.54, 1.807) is 0 Å². The lowest BCUT2D eigenvalue weighted by Gasteiger charge is -1.95. The van der Waals surface area contributed by atoms with E-state index >= 15 is 0 Å². The van der Waals surface area contributed by atoms with Gasteiger partial charge < -0.3 is 9.88 Å². The van der Waals surface area contributed by atoms with Crippen molar-refractivity contribution in [3.8, 4) is 0 Å². The molecule has 0 fully saturated rings. The largest absolute Gasteiger partial charge is 0.359 e. The van der Waals surface area contributed by atoms with Crippen molar-refractivity contribution in [2.75, 3.05) is 12.4 Å². The van der Waals surface area contributed by atoms with Crippen LogP contribution in [0.15, 0.2) is 10.8 Å². The molecule has 1 N–H and O–H groups in total. The topological polar surface area (TPSA) is 29.9 Å². The van der Waals surface area contributed by atoms with Gasteiger partial charge in [-0.25, -0.2) is 4.98 Å². The van der Waals surface area contributed by atoms with Crippen molar-refractivity contribution in [1.29, 1.82) is 0 Å². The van der Waals surface area contributed by atoms with Crippen LogP contribution in [0.3, 0.4) is 0 Å². The molecule has 0 aliphatic carbocycles. The Bertz CT molecular complexity index is 206. The summed E-state index contributed by atoms with van der Waals surface area (Å²) in [6, 6.07) is 0. The van der Waals surface area contributed by atoms with Crippen LogP contribution in [0.2, 0.25) is 0 Å². The van der Waals surface area contributed by atoms with Gasteiger partial charge in [-0.1, -0.05) is 0 Å². The number of aromatic nitrogens is 2. The monoisotopic (exact) mass is 189 g/mol. The first-order valence-electron chi connectivity index (χ1n) is 2.60. The molecule has 0 aliphatic heterocycles. The van der Waals surface area contributed by atoms with Gasteiger partial charge in [0.05, 0.1) is 0 Å². The summed E-state index contributed by atoms with van der Waals surface area (Å²) < 4.78 is 2.76. The SMILES string of the molecule is CNc1nc(Br)cn1C. The number of hydrogen-bond acceptors (Lipinski definition) is 2. The summed E-state index contributed by atoms with van der Waals surface area (Å²) in [4.78, 5) is 4.10. The van der Waals surface area contributed by atoms with Gasteiger partial charge in [-0.3, -0.25) is 0 Å². The van der Waals surface area contributed by atoms with E-state index in [0.29, 0.717) is 0 Å². The Morgan fingerprint density at radius 1 is 1.78 bits per heavy atom. The second-order valence-electron chi connectivity index (χ2n) is 1.75. The van der Waals surface area contributed by atoms with Crippen LogP contribution in [-0.4, -0.2) is 16.6 Å². The Morgan fingerprint density at radius 3 is 2.67 bits per heavy atom. The van der Waals surface area contributed by atoms with Crippen LogP contribution in [-0.2, 0) is 7.05 Å². The fourth-order valence-electron chi connectivity index (χ4n) is 0.662. The molecule has 3 nitrogen and oxygen atoms in total. The predicted octanol–water partition coefficient (Wildman–Crippen LogP) is 1.22. The highest BCUT2D eigenvalue weighted by Gasteiger charge is 1.97. The second-order valence-corrected chi connectivity index (χ2v) is 2.56. The average Bonchev–Trinajstić information content (AvgIpc) is 2.10. The van der Waals surface area contributed by atoms with Crippen molar-refractivity contribution >= 4 is 21.9 Å². The van der Waals surface area contributed by atoms with Gasteiger partial charge in [0.25, 0.3) is 0 Å². The van der Waals surface area contributed by atoms with Crippen LogP contribution in [0.5, 0.6) is 0 Å². The first-order valence-corrected chi connectivity index (χ1v) is 3.40. The van der Waals surface area contributed by atoms with Gasteiger partial charge in [-0.2, -0.15) is 0 Å². The summed E-state index contributed by atoms with van der Waals surface area (Å²) >= 11 is 3.25. The van der Waals surface area contributed by atoms with Crippen LogP contribution < -0.4 is 5.32 Å². The smallest absolute Gasteiger partial charge is 0.203 e. The number of anilines is 1. The number of aryl methyl sites for hydroxylation is 1. The molecule has 1 heterocycles. The maximum absolute atomic E-state index is 4.10. The summed E-state index contributed by atoms with van der Waals surface area (Å²) in [6.07, 6.45) is 1.89. The summed E-state index contributed by atoms with van der Waals surface area (Å²) in [5.74, 6) is 0.863. The molecule has 1 rings (SSSR count). The molecule has 50 valence electrons. The van der Waals surface area contributed by atoms with Gasteiger partial charge in [0, 0.05) is 20.3 Å². The minimum atomic E-state index is 0.856. The second kappa shape index (κ2) is 2.39. The third-order valence-electron chi connectivity index (χ3n) is 1.07. The number of nitrogens with zero attached hydrogens (tertiary/aromatic N) is 2. The first kappa shape index (κ1) is 6.61. The first-order chi connectivity index (χ1) is 4.24. The summed E-state index contributed by atoms with van der Waals surface area (Å²) in [7, 11) is 3.78. The van der Waals surface area contributed by atoms with Gasteiger partial charge in [0.2, 0.25) is 5.95 Å². The van der Waals surface area contributed by atoms with Crippen molar-refractivity contribution in [2.45, 2.75) is 0 Å². The van der Waals surface area contributed by atoms with Gasteiger partial charge >= 0.3 is 0 Å². The summed E-state index contributed by atoms with van der Waals surface area (Å²) in [5.41, 5.74) is 0. The molecule has 0 atom stereocenters. The minimum absolute atomic E-state index is 0.856. The molecule has 0 aliphatic rings. The lowest BCUT2D eigenvalue weighted by Crippen LogP contribution is -1.96. The Labute approximate surface area is 62.2 Å². The molecule has 0 unspecified atom stereocenters. The predicted molar refractivity (Wildman–Crippen MR) is 40.5 cm³/mol. The van der Waals surface area contributed by atoms with Crippen LogP contribution in [0.4, 0.5) is 5.95 Å².